The van der Waals surface area contributed by atoms with Crippen molar-refractivity contribution in [1.29, 1.82) is 0 Å². The van der Waals surface area contributed by atoms with Crippen LogP contribution in [0.2, 0.25) is 0 Å². The summed E-state index contributed by atoms with van der Waals surface area (Å²) in [6.45, 7) is 4.16. The van der Waals surface area contributed by atoms with Crippen molar-refractivity contribution in [2.45, 2.75) is 38.3 Å². The van der Waals surface area contributed by atoms with Crippen molar-refractivity contribution in [1.82, 2.24) is 10.6 Å². The Hall–Kier alpha value is -0.650. The number of nitrogens with one attached hydrogen (secondary N) is 2. The number of hydrogen-bond acceptors (Lipinski definition) is 4. The Kier molecular flexibility index (Phi) is 4.97. The lowest BCUT2D eigenvalue weighted by atomic mass is 10.00. The number of carbonyl (C=O) groups is 1. The predicted molar refractivity (Wildman–Crippen MR) is 68.1 cm³/mol. The van der Waals surface area contributed by atoms with Crippen LogP contribution in [-0.2, 0) is 9.53 Å². The van der Waals surface area contributed by atoms with E-state index < -0.39 is 0 Å². The first kappa shape index (κ1) is 13.8. The van der Waals surface area contributed by atoms with E-state index in [0.717, 1.165) is 25.8 Å². The summed E-state index contributed by atoms with van der Waals surface area (Å²) in [6.07, 6.45) is 3.09. The van der Waals surface area contributed by atoms with Crippen LogP contribution >= 0.6 is 0 Å². The van der Waals surface area contributed by atoms with Crippen molar-refractivity contribution < 1.29 is 14.6 Å². The number of ether oxygens (including phenoxy) is 1. The van der Waals surface area contributed by atoms with E-state index in [1.165, 1.54) is 0 Å². The number of aliphatic hydroxyl groups is 1. The molecule has 0 bridgehead atoms. The average Bonchev–Trinajstić information content (AvgIpc) is 2.98. The molecule has 1 amide bonds. The summed E-state index contributed by atoms with van der Waals surface area (Å²) in [4.78, 5) is 12.2. The van der Waals surface area contributed by atoms with Crippen LogP contribution in [0.25, 0.3) is 0 Å². The molecular formula is C13H24N2O3. The normalized spacial score (nSPS) is 35.9. The molecule has 1 aliphatic carbocycles. The third-order valence-corrected chi connectivity index (χ3v) is 4.10. The first-order chi connectivity index (χ1) is 8.76. The van der Waals surface area contributed by atoms with Crippen LogP contribution < -0.4 is 10.6 Å². The van der Waals surface area contributed by atoms with Crippen molar-refractivity contribution in [2.75, 3.05) is 26.4 Å². The molecule has 0 spiro atoms. The van der Waals surface area contributed by atoms with Gasteiger partial charge in [0.15, 0.2) is 0 Å². The van der Waals surface area contributed by atoms with Gasteiger partial charge in [0.2, 0.25) is 5.91 Å². The number of rotatable bonds is 5. The molecule has 1 heterocycles. The Morgan fingerprint density at radius 1 is 1.33 bits per heavy atom. The zero-order valence-corrected chi connectivity index (χ0v) is 11.0. The fourth-order valence-corrected chi connectivity index (χ4v) is 3.01. The summed E-state index contributed by atoms with van der Waals surface area (Å²) in [7, 11) is 0. The van der Waals surface area contributed by atoms with E-state index in [1.807, 2.05) is 6.92 Å². The zero-order chi connectivity index (χ0) is 13.0. The van der Waals surface area contributed by atoms with Crippen molar-refractivity contribution in [2.24, 2.45) is 11.8 Å². The van der Waals surface area contributed by atoms with Gasteiger partial charge in [-0.15, -0.1) is 0 Å². The van der Waals surface area contributed by atoms with Gasteiger partial charge in [0.05, 0.1) is 19.1 Å². The standard InChI is InChI=1S/C13H24N2O3/c1-2-14-12-8-18-7-10(12)13(17)15-11-5-3-4-9(11)6-16/h9-12,14,16H,2-8H2,1H3,(H,15,17). The Balaban J connectivity index is 1.87. The minimum atomic E-state index is -0.0927. The molecule has 1 aliphatic heterocycles. The van der Waals surface area contributed by atoms with Gasteiger partial charge in [-0.3, -0.25) is 4.79 Å². The highest BCUT2D eigenvalue weighted by Crippen LogP contribution is 2.26. The third-order valence-electron chi connectivity index (χ3n) is 4.10. The molecular weight excluding hydrogens is 232 g/mol. The van der Waals surface area contributed by atoms with Gasteiger partial charge in [-0.25, -0.2) is 0 Å². The van der Waals surface area contributed by atoms with Gasteiger partial charge in [0.1, 0.15) is 0 Å². The van der Waals surface area contributed by atoms with Crippen molar-refractivity contribution in [3.8, 4) is 0 Å². The Labute approximate surface area is 108 Å². The van der Waals surface area contributed by atoms with Crippen LogP contribution in [0.15, 0.2) is 0 Å². The fraction of sp³-hybridized carbons (Fsp3) is 0.923. The van der Waals surface area contributed by atoms with Gasteiger partial charge in [0, 0.05) is 24.6 Å². The molecule has 1 saturated carbocycles. The maximum absolute atomic E-state index is 12.2. The molecule has 4 unspecified atom stereocenters. The van der Waals surface area contributed by atoms with Crippen molar-refractivity contribution in [3.05, 3.63) is 0 Å². The minimum absolute atomic E-state index is 0.0730. The smallest absolute Gasteiger partial charge is 0.227 e. The number of likely N-dealkylation sites (N-methyl/N-ethyl adjacent to an activating group) is 1. The van der Waals surface area contributed by atoms with Crippen molar-refractivity contribution in [3.63, 3.8) is 0 Å². The molecule has 5 heteroatoms. The number of amides is 1. The highest BCUT2D eigenvalue weighted by molar-refractivity contribution is 5.80. The Bertz CT molecular complexity index is 285. The quantitative estimate of drug-likeness (QED) is 0.642. The largest absolute Gasteiger partial charge is 0.396 e. The predicted octanol–water partition coefficient (Wildman–Crippen LogP) is -0.112. The topological polar surface area (TPSA) is 70.6 Å². The number of hydrogen-bond donors (Lipinski definition) is 3. The van der Waals surface area contributed by atoms with E-state index in [4.69, 9.17) is 4.74 Å². The Morgan fingerprint density at radius 3 is 2.89 bits per heavy atom. The van der Waals surface area contributed by atoms with Gasteiger partial charge in [-0.05, 0) is 19.4 Å². The first-order valence-corrected chi connectivity index (χ1v) is 6.98. The summed E-state index contributed by atoms with van der Waals surface area (Å²) in [5.74, 6) is 0.211. The molecule has 5 nitrogen and oxygen atoms in total. The van der Waals surface area contributed by atoms with Crippen LogP contribution in [0.3, 0.4) is 0 Å². The molecule has 0 aromatic carbocycles. The van der Waals surface area contributed by atoms with Crippen LogP contribution in [-0.4, -0.2) is 49.5 Å². The third kappa shape index (κ3) is 3.02. The summed E-state index contributed by atoms with van der Waals surface area (Å²) in [5.41, 5.74) is 0. The van der Waals surface area contributed by atoms with Gasteiger partial charge in [-0.2, -0.15) is 0 Å². The molecule has 104 valence electrons. The maximum atomic E-state index is 12.2. The Morgan fingerprint density at radius 2 is 2.17 bits per heavy atom. The molecule has 0 radical (unpaired) electrons. The fourth-order valence-electron chi connectivity index (χ4n) is 3.01. The second kappa shape index (κ2) is 6.50. The highest BCUT2D eigenvalue weighted by atomic mass is 16.5. The van der Waals surface area contributed by atoms with Gasteiger partial charge in [0.25, 0.3) is 0 Å². The molecule has 18 heavy (non-hydrogen) atoms. The van der Waals surface area contributed by atoms with E-state index in [1.54, 1.807) is 0 Å². The monoisotopic (exact) mass is 256 g/mol. The molecule has 2 rings (SSSR count). The van der Waals surface area contributed by atoms with Crippen molar-refractivity contribution >= 4 is 5.91 Å². The number of aliphatic hydroxyl groups excluding tert-OH is 1. The molecule has 0 aromatic heterocycles. The van der Waals surface area contributed by atoms with Crippen LogP contribution in [0.1, 0.15) is 26.2 Å². The van der Waals surface area contributed by atoms with Gasteiger partial charge < -0.3 is 20.5 Å². The number of carbonyl (C=O) groups excluding carboxylic acids is 1. The van der Waals surface area contributed by atoms with E-state index in [-0.39, 0.29) is 36.4 Å². The van der Waals surface area contributed by atoms with E-state index in [9.17, 15) is 9.90 Å². The van der Waals surface area contributed by atoms with Gasteiger partial charge in [-0.1, -0.05) is 13.3 Å². The summed E-state index contributed by atoms with van der Waals surface area (Å²) >= 11 is 0. The lowest BCUT2D eigenvalue weighted by molar-refractivity contribution is -0.126. The summed E-state index contributed by atoms with van der Waals surface area (Å²) in [6, 6.07) is 0.273. The second-order valence-corrected chi connectivity index (χ2v) is 5.30. The average molecular weight is 256 g/mol. The zero-order valence-electron chi connectivity index (χ0n) is 11.0. The second-order valence-electron chi connectivity index (χ2n) is 5.30. The van der Waals surface area contributed by atoms with Crippen LogP contribution in [0.4, 0.5) is 0 Å². The first-order valence-electron chi connectivity index (χ1n) is 6.98. The molecule has 1 saturated heterocycles. The summed E-state index contributed by atoms with van der Waals surface area (Å²) in [5, 5.41) is 15.6. The lowest BCUT2D eigenvalue weighted by Crippen LogP contribution is -2.48. The van der Waals surface area contributed by atoms with E-state index in [0.29, 0.717) is 13.2 Å². The maximum Gasteiger partial charge on any atom is 0.227 e. The van der Waals surface area contributed by atoms with Crippen LogP contribution in [0, 0.1) is 11.8 Å². The minimum Gasteiger partial charge on any atom is -0.396 e. The molecule has 3 N–H and O–H groups in total. The molecule has 2 fully saturated rings. The highest BCUT2D eigenvalue weighted by Gasteiger charge is 2.36. The molecule has 4 atom stereocenters. The summed E-state index contributed by atoms with van der Waals surface area (Å²) < 4.78 is 5.39. The SMILES string of the molecule is CCNC1COCC1C(=O)NC1CCCC1CO. The molecule has 0 aromatic rings. The van der Waals surface area contributed by atoms with Gasteiger partial charge >= 0.3 is 0 Å². The van der Waals surface area contributed by atoms with E-state index in [2.05, 4.69) is 10.6 Å². The van der Waals surface area contributed by atoms with E-state index >= 15 is 0 Å². The van der Waals surface area contributed by atoms with Crippen LogP contribution in [0.5, 0.6) is 0 Å². The molecule has 2 aliphatic rings. The lowest BCUT2D eigenvalue weighted by Gasteiger charge is -2.23.